The summed E-state index contributed by atoms with van der Waals surface area (Å²) in [6, 6.07) is -0.383. The summed E-state index contributed by atoms with van der Waals surface area (Å²) in [6.45, 7) is 3.32. The fourth-order valence-corrected chi connectivity index (χ4v) is 0.905. The first-order chi connectivity index (χ1) is 8.20. The van der Waals surface area contributed by atoms with Gasteiger partial charge in [-0.05, 0) is 6.92 Å². The van der Waals surface area contributed by atoms with Crippen molar-refractivity contribution in [3.63, 3.8) is 0 Å². The molecule has 0 aromatic heterocycles. The van der Waals surface area contributed by atoms with Crippen molar-refractivity contribution in [3.05, 3.63) is 0 Å². The van der Waals surface area contributed by atoms with Crippen molar-refractivity contribution < 1.29 is 23.8 Å². The Kier molecular flexibility index (Phi) is 10.3. The quantitative estimate of drug-likeness (QED) is 0.337. The van der Waals surface area contributed by atoms with Gasteiger partial charge in [0.2, 0.25) is 0 Å². The molecule has 0 aliphatic rings. The SMILES string of the molecule is CCOC(=O)CCNC(=O)NCOCCOC. The fraction of sp³-hybridized carbons (Fsp3) is 0.800. The van der Waals surface area contributed by atoms with Crippen LogP contribution in [0.4, 0.5) is 4.79 Å². The van der Waals surface area contributed by atoms with Crippen molar-refractivity contribution in [1.29, 1.82) is 0 Å². The van der Waals surface area contributed by atoms with Crippen molar-refractivity contribution >= 4 is 12.0 Å². The molecule has 0 aliphatic carbocycles. The number of nitrogens with one attached hydrogen (secondary N) is 2. The molecule has 2 amide bonds. The number of amides is 2. The smallest absolute Gasteiger partial charge is 0.316 e. The highest BCUT2D eigenvalue weighted by Gasteiger charge is 2.03. The minimum absolute atomic E-state index is 0.106. The second kappa shape index (κ2) is 11.2. The third kappa shape index (κ3) is 10.9. The van der Waals surface area contributed by atoms with E-state index < -0.39 is 0 Å². The van der Waals surface area contributed by atoms with Gasteiger partial charge in [0.05, 0.1) is 26.2 Å². The second-order valence-electron chi connectivity index (χ2n) is 3.03. The van der Waals surface area contributed by atoms with Crippen LogP contribution in [0.15, 0.2) is 0 Å². The van der Waals surface area contributed by atoms with E-state index in [1.165, 1.54) is 0 Å². The lowest BCUT2D eigenvalue weighted by Crippen LogP contribution is -2.38. The lowest BCUT2D eigenvalue weighted by Gasteiger charge is -2.07. The summed E-state index contributed by atoms with van der Waals surface area (Å²) in [5.74, 6) is -0.329. The molecule has 0 aromatic carbocycles. The van der Waals surface area contributed by atoms with Crippen LogP contribution >= 0.6 is 0 Å². The molecular formula is C10H20N2O5. The van der Waals surface area contributed by atoms with Crippen LogP contribution in [0.5, 0.6) is 0 Å². The standard InChI is InChI=1S/C10H20N2O5/c1-3-17-9(13)4-5-11-10(14)12-8-16-7-6-15-2/h3-8H2,1-2H3,(H2,11,12,14). The lowest BCUT2D eigenvalue weighted by molar-refractivity contribution is -0.142. The molecule has 0 atom stereocenters. The first-order valence-corrected chi connectivity index (χ1v) is 5.44. The van der Waals surface area contributed by atoms with E-state index in [-0.39, 0.29) is 31.7 Å². The number of ether oxygens (including phenoxy) is 3. The van der Waals surface area contributed by atoms with E-state index >= 15 is 0 Å². The molecule has 0 aliphatic heterocycles. The molecule has 7 heteroatoms. The van der Waals surface area contributed by atoms with Crippen LogP contribution in [0, 0.1) is 0 Å². The van der Waals surface area contributed by atoms with Gasteiger partial charge >= 0.3 is 12.0 Å². The largest absolute Gasteiger partial charge is 0.466 e. The minimum atomic E-state index is -0.383. The number of hydrogen-bond acceptors (Lipinski definition) is 5. The molecule has 0 heterocycles. The van der Waals surface area contributed by atoms with Gasteiger partial charge in [-0.1, -0.05) is 0 Å². The van der Waals surface area contributed by atoms with E-state index in [0.29, 0.717) is 19.8 Å². The lowest BCUT2D eigenvalue weighted by atomic mass is 10.4. The van der Waals surface area contributed by atoms with E-state index in [9.17, 15) is 9.59 Å². The molecule has 0 saturated carbocycles. The molecule has 0 fully saturated rings. The van der Waals surface area contributed by atoms with Crippen LogP contribution in [0.1, 0.15) is 13.3 Å². The molecule has 0 spiro atoms. The average molecular weight is 248 g/mol. The zero-order chi connectivity index (χ0) is 12.9. The topological polar surface area (TPSA) is 85.9 Å². The van der Waals surface area contributed by atoms with Crippen molar-refractivity contribution in [1.82, 2.24) is 10.6 Å². The highest BCUT2D eigenvalue weighted by Crippen LogP contribution is 1.84. The highest BCUT2D eigenvalue weighted by molar-refractivity contribution is 5.75. The van der Waals surface area contributed by atoms with E-state index in [0.717, 1.165) is 0 Å². The van der Waals surface area contributed by atoms with E-state index in [2.05, 4.69) is 10.6 Å². The Morgan fingerprint density at radius 3 is 2.59 bits per heavy atom. The van der Waals surface area contributed by atoms with Gasteiger partial charge < -0.3 is 24.8 Å². The fourth-order valence-electron chi connectivity index (χ4n) is 0.905. The Morgan fingerprint density at radius 1 is 1.18 bits per heavy atom. The molecule has 0 aromatic rings. The van der Waals surface area contributed by atoms with Gasteiger partial charge in [0, 0.05) is 13.7 Å². The van der Waals surface area contributed by atoms with Gasteiger partial charge in [-0.2, -0.15) is 0 Å². The number of carbonyl (C=O) groups excluding carboxylic acids is 2. The van der Waals surface area contributed by atoms with E-state index in [4.69, 9.17) is 14.2 Å². The van der Waals surface area contributed by atoms with Gasteiger partial charge in [0.15, 0.2) is 0 Å². The summed E-state index contributed by atoms with van der Waals surface area (Å²) < 4.78 is 14.5. The monoisotopic (exact) mass is 248 g/mol. The third-order valence-corrected chi connectivity index (χ3v) is 1.69. The second-order valence-corrected chi connectivity index (χ2v) is 3.03. The zero-order valence-electron chi connectivity index (χ0n) is 10.3. The van der Waals surface area contributed by atoms with Gasteiger partial charge in [-0.3, -0.25) is 4.79 Å². The van der Waals surface area contributed by atoms with Crippen LogP contribution in [-0.2, 0) is 19.0 Å². The first kappa shape index (κ1) is 15.7. The first-order valence-electron chi connectivity index (χ1n) is 5.44. The molecule has 7 nitrogen and oxygen atoms in total. The summed E-state index contributed by atoms with van der Waals surface area (Å²) in [5, 5.41) is 4.97. The van der Waals surface area contributed by atoms with Crippen LogP contribution in [0.25, 0.3) is 0 Å². The summed E-state index contributed by atoms with van der Waals surface area (Å²) in [6.07, 6.45) is 0.159. The molecule has 100 valence electrons. The minimum Gasteiger partial charge on any atom is -0.466 e. The molecule has 17 heavy (non-hydrogen) atoms. The van der Waals surface area contributed by atoms with Gasteiger partial charge in [0.1, 0.15) is 6.73 Å². The Morgan fingerprint density at radius 2 is 1.94 bits per heavy atom. The number of urea groups is 1. The summed E-state index contributed by atoms with van der Waals surface area (Å²) in [4.78, 5) is 22.1. The number of carbonyl (C=O) groups is 2. The van der Waals surface area contributed by atoms with Crippen molar-refractivity contribution in [2.75, 3.05) is 40.2 Å². The molecule has 0 rings (SSSR count). The van der Waals surface area contributed by atoms with Crippen molar-refractivity contribution in [2.24, 2.45) is 0 Å². The van der Waals surface area contributed by atoms with Gasteiger partial charge in [-0.25, -0.2) is 4.79 Å². The number of hydrogen-bond donors (Lipinski definition) is 2. The van der Waals surface area contributed by atoms with Crippen LogP contribution in [-0.4, -0.2) is 52.2 Å². The maximum atomic E-state index is 11.1. The van der Waals surface area contributed by atoms with Crippen molar-refractivity contribution in [2.45, 2.75) is 13.3 Å². The zero-order valence-corrected chi connectivity index (χ0v) is 10.3. The molecule has 0 bridgehead atoms. The van der Waals surface area contributed by atoms with E-state index in [1.807, 2.05) is 0 Å². The van der Waals surface area contributed by atoms with Crippen LogP contribution in [0.3, 0.4) is 0 Å². The summed E-state index contributed by atoms with van der Waals surface area (Å²) in [7, 11) is 1.57. The Hall–Kier alpha value is -1.34. The van der Waals surface area contributed by atoms with Crippen LogP contribution in [0.2, 0.25) is 0 Å². The maximum Gasteiger partial charge on any atom is 0.316 e. The van der Waals surface area contributed by atoms with Crippen LogP contribution < -0.4 is 10.6 Å². The molecule has 0 saturated heterocycles. The summed E-state index contributed by atoms with van der Waals surface area (Å²) >= 11 is 0. The molecular weight excluding hydrogens is 228 g/mol. The molecule has 0 unspecified atom stereocenters. The number of methoxy groups -OCH3 is 1. The Labute approximate surface area is 101 Å². The molecule has 0 radical (unpaired) electrons. The summed E-state index contributed by atoms with van der Waals surface area (Å²) in [5.41, 5.74) is 0. The predicted octanol–water partition coefficient (Wildman–Crippen LogP) is -0.141. The normalized spacial score (nSPS) is 9.76. The third-order valence-electron chi connectivity index (χ3n) is 1.69. The molecule has 2 N–H and O–H groups in total. The average Bonchev–Trinajstić information content (AvgIpc) is 2.29. The Balaban J connectivity index is 3.31. The maximum absolute atomic E-state index is 11.1. The van der Waals surface area contributed by atoms with Crippen molar-refractivity contribution in [3.8, 4) is 0 Å². The number of rotatable bonds is 9. The Bertz CT molecular complexity index is 223. The predicted molar refractivity (Wildman–Crippen MR) is 60.5 cm³/mol. The van der Waals surface area contributed by atoms with Gasteiger partial charge in [0.25, 0.3) is 0 Å². The number of esters is 1. The van der Waals surface area contributed by atoms with E-state index in [1.54, 1.807) is 14.0 Å². The van der Waals surface area contributed by atoms with Gasteiger partial charge in [-0.15, -0.1) is 0 Å². The highest BCUT2D eigenvalue weighted by atomic mass is 16.5.